The summed E-state index contributed by atoms with van der Waals surface area (Å²) in [6.45, 7) is 13.5. The number of hydrogen-bond donors (Lipinski definition) is 0. The largest absolute Gasteiger partial charge is 0.439 e. The van der Waals surface area contributed by atoms with Crippen LogP contribution in [-0.4, -0.2) is 14.5 Å². The molecule has 0 bridgehead atoms. The Labute approximate surface area is 236 Å². The third-order valence-electron chi connectivity index (χ3n) is 7.38. The average Bonchev–Trinajstić information content (AvgIpc) is 3.26. The minimum atomic E-state index is -0.0754. The normalized spacial score (nSPS) is 12.2. The molecular formula is C36H35N3O. The molecule has 6 rings (SSSR count). The van der Waals surface area contributed by atoms with Gasteiger partial charge in [0.25, 0.3) is 0 Å². The topological polar surface area (TPSA) is 39.9 Å². The van der Waals surface area contributed by atoms with Gasteiger partial charge in [-0.2, -0.15) is 0 Å². The number of hydrogen-bond acceptors (Lipinski definition) is 3. The van der Waals surface area contributed by atoms with Gasteiger partial charge in [-0.15, -0.1) is 0 Å². The molecule has 3 aromatic heterocycles. The third-order valence-corrected chi connectivity index (χ3v) is 7.38. The van der Waals surface area contributed by atoms with Gasteiger partial charge in [-0.25, -0.2) is 9.97 Å². The van der Waals surface area contributed by atoms with Crippen LogP contribution in [0.5, 0.6) is 11.6 Å². The van der Waals surface area contributed by atoms with E-state index in [1.807, 2.05) is 30.3 Å². The lowest BCUT2D eigenvalue weighted by Crippen LogP contribution is -2.19. The summed E-state index contributed by atoms with van der Waals surface area (Å²) in [5, 5.41) is 2.43. The van der Waals surface area contributed by atoms with Crippen LogP contribution in [0.15, 0.2) is 103 Å². The highest BCUT2D eigenvalue weighted by Crippen LogP contribution is 2.37. The van der Waals surface area contributed by atoms with Gasteiger partial charge in [0.1, 0.15) is 11.6 Å². The molecule has 4 heteroatoms. The highest BCUT2D eigenvalue weighted by atomic mass is 16.5. The summed E-state index contributed by atoms with van der Waals surface area (Å²) < 4.78 is 8.36. The number of nitrogens with zero attached hydrogens (tertiary/aromatic N) is 3. The van der Waals surface area contributed by atoms with E-state index in [1.165, 1.54) is 16.3 Å². The molecule has 0 saturated heterocycles. The van der Waals surface area contributed by atoms with Gasteiger partial charge in [-0.05, 0) is 64.6 Å². The van der Waals surface area contributed by atoms with E-state index >= 15 is 0 Å². The molecule has 0 unspecified atom stereocenters. The minimum Gasteiger partial charge on any atom is -0.439 e. The van der Waals surface area contributed by atoms with E-state index in [0.717, 1.165) is 39.4 Å². The number of rotatable bonds is 4. The Hall–Kier alpha value is -4.44. The Morgan fingerprint density at radius 1 is 0.625 bits per heavy atom. The van der Waals surface area contributed by atoms with Crippen molar-refractivity contribution in [3.8, 4) is 28.6 Å². The highest BCUT2D eigenvalue weighted by molar-refractivity contribution is 6.10. The van der Waals surface area contributed by atoms with Crippen molar-refractivity contribution >= 4 is 21.8 Å². The highest BCUT2D eigenvalue weighted by Gasteiger charge is 2.24. The lowest BCUT2D eigenvalue weighted by atomic mass is 9.83. The van der Waals surface area contributed by atoms with E-state index < -0.39 is 0 Å². The summed E-state index contributed by atoms with van der Waals surface area (Å²) in [5.41, 5.74) is 6.78. The number of benzene rings is 3. The van der Waals surface area contributed by atoms with Crippen LogP contribution in [0.2, 0.25) is 0 Å². The van der Waals surface area contributed by atoms with Crippen molar-refractivity contribution in [3.63, 3.8) is 0 Å². The fourth-order valence-corrected chi connectivity index (χ4v) is 5.11. The molecule has 6 aromatic rings. The summed E-state index contributed by atoms with van der Waals surface area (Å²) in [5.74, 6) is 2.29. The molecule has 200 valence electrons. The molecule has 0 aliphatic rings. The van der Waals surface area contributed by atoms with Crippen LogP contribution in [0.1, 0.15) is 52.8 Å². The van der Waals surface area contributed by atoms with E-state index in [4.69, 9.17) is 9.72 Å². The van der Waals surface area contributed by atoms with E-state index in [-0.39, 0.29) is 10.8 Å². The summed E-state index contributed by atoms with van der Waals surface area (Å²) >= 11 is 0. The van der Waals surface area contributed by atoms with Gasteiger partial charge in [0.05, 0.1) is 11.0 Å². The van der Waals surface area contributed by atoms with Crippen LogP contribution in [0.3, 0.4) is 0 Å². The Balaban J connectivity index is 1.55. The van der Waals surface area contributed by atoms with E-state index in [1.54, 1.807) is 6.20 Å². The maximum atomic E-state index is 6.03. The predicted molar refractivity (Wildman–Crippen MR) is 166 cm³/mol. The Morgan fingerprint density at radius 2 is 1.38 bits per heavy atom. The molecule has 0 fully saturated rings. The maximum absolute atomic E-state index is 6.03. The lowest BCUT2D eigenvalue weighted by Gasteiger charge is -2.25. The van der Waals surface area contributed by atoms with Gasteiger partial charge in [0, 0.05) is 34.1 Å². The van der Waals surface area contributed by atoms with Crippen LogP contribution in [0.4, 0.5) is 0 Å². The molecule has 0 aliphatic carbocycles. The number of pyridine rings is 2. The van der Waals surface area contributed by atoms with Crippen molar-refractivity contribution < 1.29 is 4.74 Å². The SMILES string of the molecule is CC(C)(C)c1cc(-n2c3ccccc3c3ccc(-c4cccc(Oc5ccccn5)c4)cc32)nc(C(C)(C)C)c1. The van der Waals surface area contributed by atoms with E-state index in [0.29, 0.717) is 5.88 Å². The Kier molecular flexibility index (Phi) is 6.22. The zero-order valence-electron chi connectivity index (χ0n) is 24.1. The smallest absolute Gasteiger partial charge is 0.219 e. The number of aromatic nitrogens is 3. The first-order valence-electron chi connectivity index (χ1n) is 13.8. The standard InChI is InChI=1S/C36H35N3O/c1-35(2,3)26-22-32(36(4,5)6)38-33(23-26)39-30-15-8-7-14-28(30)29-18-17-25(21-31(29)39)24-12-11-13-27(20-24)40-34-16-9-10-19-37-34/h7-23H,1-6H3. The van der Waals surface area contributed by atoms with Gasteiger partial charge in [-0.1, -0.05) is 90.1 Å². The molecule has 0 aliphatic heterocycles. The van der Waals surface area contributed by atoms with Gasteiger partial charge in [-0.3, -0.25) is 4.57 Å². The van der Waals surface area contributed by atoms with Gasteiger partial charge < -0.3 is 4.74 Å². The van der Waals surface area contributed by atoms with Crippen molar-refractivity contribution in [2.45, 2.75) is 52.4 Å². The van der Waals surface area contributed by atoms with Crippen LogP contribution in [0, 0.1) is 0 Å². The van der Waals surface area contributed by atoms with Crippen molar-refractivity contribution in [2.24, 2.45) is 0 Å². The summed E-state index contributed by atoms with van der Waals surface area (Å²) in [7, 11) is 0. The van der Waals surface area contributed by atoms with Crippen molar-refractivity contribution in [3.05, 3.63) is 115 Å². The molecule has 3 aromatic carbocycles. The van der Waals surface area contributed by atoms with E-state index in [2.05, 4.69) is 118 Å². The fraction of sp³-hybridized carbons (Fsp3) is 0.222. The monoisotopic (exact) mass is 525 g/mol. The summed E-state index contributed by atoms with van der Waals surface area (Å²) in [6, 6.07) is 33.7. The first kappa shape index (κ1) is 25.8. The first-order chi connectivity index (χ1) is 19.1. The van der Waals surface area contributed by atoms with Crippen LogP contribution < -0.4 is 4.74 Å². The first-order valence-corrected chi connectivity index (χ1v) is 13.8. The van der Waals surface area contributed by atoms with Gasteiger partial charge >= 0.3 is 0 Å². The van der Waals surface area contributed by atoms with Crippen molar-refractivity contribution in [1.29, 1.82) is 0 Å². The van der Waals surface area contributed by atoms with Crippen LogP contribution in [0.25, 0.3) is 38.8 Å². The van der Waals surface area contributed by atoms with Gasteiger partial charge in [0.15, 0.2) is 0 Å². The molecule has 0 N–H and O–H groups in total. The minimum absolute atomic E-state index is 0.00431. The molecule has 0 spiro atoms. The Bertz CT molecular complexity index is 1800. The molecule has 40 heavy (non-hydrogen) atoms. The predicted octanol–water partition coefficient (Wildman–Crippen LogP) is 9.63. The molecule has 3 heterocycles. The second kappa shape index (κ2) is 9.63. The fourth-order valence-electron chi connectivity index (χ4n) is 5.11. The van der Waals surface area contributed by atoms with Crippen LogP contribution in [-0.2, 0) is 10.8 Å². The molecule has 4 nitrogen and oxygen atoms in total. The second-order valence-electron chi connectivity index (χ2n) is 12.5. The lowest BCUT2D eigenvalue weighted by molar-refractivity contribution is 0.463. The maximum Gasteiger partial charge on any atom is 0.219 e. The zero-order chi connectivity index (χ0) is 28.1. The molecule has 0 amide bonds. The molecular weight excluding hydrogens is 490 g/mol. The van der Waals surface area contributed by atoms with Gasteiger partial charge in [0.2, 0.25) is 5.88 Å². The third kappa shape index (κ3) is 4.86. The van der Waals surface area contributed by atoms with Crippen molar-refractivity contribution in [2.75, 3.05) is 0 Å². The zero-order valence-corrected chi connectivity index (χ0v) is 24.1. The summed E-state index contributed by atoms with van der Waals surface area (Å²) in [6.07, 6.45) is 1.74. The Morgan fingerprint density at radius 3 is 2.12 bits per heavy atom. The van der Waals surface area contributed by atoms with E-state index in [9.17, 15) is 0 Å². The number of fused-ring (bicyclic) bond motifs is 3. The van der Waals surface area contributed by atoms with Crippen molar-refractivity contribution in [1.82, 2.24) is 14.5 Å². The molecule has 0 radical (unpaired) electrons. The number of ether oxygens (including phenoxy) is 1. The molecule has 0 saturated carbocycles. The average molecular weight is 526 g/mol. The molecule has 0 atom stereocenters. The summed E-state index contributed by atoms with van der Waals surface area (Å²) in [4.78, 5) is 9.56. The second-order valence-corrected chi connectivity index (χ2v) is 12.5. The number of para-hydroxylation sites is 1. The quantitative estimate of drug-likeness (QED) is 0.230. The van der Waals surface area contributed by atoms with Crippen LogP contribution >= 0.6 is 0 Å².